The predicted molar refractivity (Wildman–Crippen MR) is 92.8 cm³/mol. The highest BCUT2D eigenvalue weighted by Crippen LogP contribution is 2.32. The van der Waals surface area contributed by atoms with Gasteiger partial charge in [-0.1, -0.05) is 12.1 Å². The van der Waals surface area contributed by atoms with Crippen molar-refractivity contribution >= 4 is 22.8 Å². The number of furan rings is 1. The molecule has 0 spiro atoms. The van der Waals surface area contributed by atoms with Crippen molar-refractivity contribution in [3.8, 4) is 11.5 Å². The van der Waals surface area contributed by atoms with Crippen LogP contribution in [0.4, 0.5) is 0 Å². The Morgan fingerprint density at radius 3 is 2.77 bits per heavy atom. The number of hydrazine groups is 1. The summed E-state index contributed by atoms with van der Waals surface area (Å²) in [6, 6.07) is 10.6. The summed E-state index contributed by atoms with van der Waals surface area (Å²) in [6.45, 7) is 2.11. The van der Waals surface area contributed by atoms with Crippen LogP contribution in [-0.2, 0) is 11.2 Å². The number of carbonyl (C=O) groups is 2. The van der Waals surface area contributed by atoms with Crippen molar-refractivity contribution in [1.29, 1.82) is 0 Å². The number of nitrogens with one attached hydrogen (secondary N) is 2. The van der Waals surface area contributed by atoms with E-state index < -0.39 is 5.91 Å². The molecule has 0 saturated heterocycles. The highest BCUT2D eigenvalue weighted by molar-refractivity contribution is 5.96. The van der Waals surface area contributed by atoms with Gasteiger partial charge in [0.2, 0.25) is 12.7 Å². The fraction of sp³-hybridized carbons (Fsp3) is 0.158. The van der Waals surface area contributed by atoms with E-state index in [4.69, 9.17) is 13.9 Å². The van der Waals surface area contributed by atoms with E-state index in [1.54, 1.807) is 24.5 Å². The van der Waals surface area contributed by atoms with Gasteiger partial charge in [0.15, 0.2) is 11.5 Å². The van der Waals surface area contributed by atoms with Crippen molar-refractivity contribution in [2.75, 3.05) is 6.79 Å². The number of benzene rings is 2. The molecule has 1 aliphatic heterocycles. The van der Waals surface area contributed by atoms with Crippen molar-refractivity contribution in [3.63, 3.8) is 0 Å². The quantitative estimate of drug-likeness (QED) is 0.707. The van der Waals surface area contributed by atoms with Gasteiger partial charge in [-0.05, 0) is 36.8 Å². The Bertz CT molecular complexity index is 1010. The largest absolute Gasteiger partial charge is 0.464 e. The molecule has 2 N–H and O–H groups in total. The summed E-state index contributed by atoms with van der Waals surface area (Å²) < 4.78 is 15.9. The second-order valence-corrected chi connectivity index (χ2v) is 6.01. The first-order valence-electron chi connectivity index (χ1n) is 8.06. The van der Waals surface area contributed by atoms with Crippen LogP contribution in [0.5, 0.6) is 11.5 Å². The monoisotopic (exact) mass is 352 g/mol. The van der Waals surface area contributed by atoms with E-state index in [1.165, 1.54) is 0 Å². The standard InChI is InChI=1S/C19H16N2O5/c1-11-2-4-14-13(9-24-16(14)6-11)8-18(22)20-21-19(23)12-3-5-15-17(7-12)26-10-25-15/h2-7,9H,8,10H2,1H3,(H,20,22)(H,21,23). The molecule has 0 aliphatic carbocycles. The minimum Gasteiger partial charge on any atom is -0.464 e. The van der Waals surface area contributed by atoms with E-state index in [9.17, 15) is 9.59 Å². The lowest BCUT2D eigenvalue weighted by Gasteiger charge is -2.07. The third-order valence-electron chi connectivity index (χ3n) is 4.11. The average Bonchev–Trinajstić information content (AvgIpc) is 3.25. The van der Waals surface area contributed by atoms with Gasteiger partial charge in [0.05, 0.1) is 12.7 Å². The number of aryl methyl sites for hydroxylation is 1. The SMILES string of the molecule is Cc1ccc2c(CC(=O)NNC(=O)c3ccc4c(c3)OCO4)coc2c1. The first kappa shape index (κ1) is 16.0. The lowest BCUT2D eigenvalue weighted by Crippen LogP contribution is -2.42. The Morgan fingerprint density at radius 2 is 1.88 bits per heavy atom. The van der Waals surface area contributed by atoms with Gasteiger partial charge in [0, 0.05) is 16.5 Å². The zero-order valence-electron chi connectivity index (χ0n) is 14.0. The molecule has 132 valence electrons. The number of fused-ring (bicyclic) bond motifs is 2. The van der Waals surface area contributed by atoms with Gasteiger partial charge in [-0.25, -0.2) is 0 Å². The first-order chi connectivity index (χ1) is 12.6. The van der Waals surface area contributed by atoms with Gasteiger partial charge >= 0.3 is 0 Å². The van der Waals surface area contributed by atoms with Crippen molar-refractivity contribution in [2.24, 2.45) is 0 Å². The molecule has 0 unspecified atom stereocenters. The summed E-state index contributed by atoms with van der Waals surface area (Å²) in [5.74, 6) is 0.309. The van der Waals surface area contributed by atoms with Crippen molar-refractivity contribution in [1.82, 2.24) is 10.9 Å². The summed E-state index contributed by atoms with van der Waals surface area (Å²) in [5.41, 5.74) is 7.74. The van der Waals surface area contributed by atoms with Gasteiger partial charge in [-0.15, -0.1) is 0 Å². The third-order valence-corrected chi connectivity index (χ3v) is 4.11. The van der Waals surface area contributed by atoms with E-state index in [-0.39, 0.29) is 19.1 Å². The summed E-state index contributed by atoms with van der Waals surface area (Å²) in [5, 5.41) is 0.882. The third kappa shape index (κ3) is 3.06. The van der Waals surface area contributed by atoms with Crippen LogP contribution in [-0.4, -0.2) is 18.6 Å². The number of rotatable bonds is 3. The number of carbonyl (C=O) groups excluding carboxylic acids is 2. The van der Waals surface area contributed by atoms with Gasteiger partial charge in [0.1, 0.15) is 5.58 Å². The van der Waals surface area contributed by atoms with Gasteiger partial charge in [-0.2, -0.15) is 0 Å². The maximum absolute atomic E-state index is 12.2. The van der Waals surface area contributed by atoms with Gasteiger partial charge in [0.25, 0.3) is 5.91 Å². The summed E-state index contributed by atoms with van der Waals surface area (Å²) in [7, 11) is 0. The van der Waals surface area contributed by atoms with Crippen LogP contribution in [0.1, 0.15) is 21.5 Å². The van der Waals surface area contributed by atoms with Crippen LogP contribution in [0.3, 0.4) is 0 Å². The van der Waals surface area contributed by atoms with Crippen molar-refractivity contribution in [3.05, 3.63) is 59.4 Å². The molecule has 2 amide bonds. The second-order valence-electron chi connectivity index (χ2n) is 6.01. The molecule has 2 heterocycles. The predicted octanol–water partition coefficient (Wildman–Crippen LogP) is 2.47. The van der Waals surface area contributed by atoms with E-state index in [1.807, 2.05) is 25.1 Å². The molecule has 0 bridgehead atoms. The van der Waals surface area contributed by atoms with Crippen LogP contribution in [0.15, 0.2) is 47.1 Å². The van der Waals surface area contributed by atoms with Crippen LogP contribution < -0.4 is 20.3 Å². The van der Waals surface area contributed by atoms with Gasteiger partial charge < -0.3 is 13.9 Å². The molecule has 3 aromatic rings. The lowest BCUT2D eigenvalue weighted by molar-refractivity contribution is -0.121. The van der Waals surface area contributed by atoms with Crippen LogP contribution in [0.25, 0.3) is 11.0 Å². The molecule has 2 aromatic carbocycles. The molecular weight excluding hydrogens is 336 g/mol. The lowest BCUT2D eigenvalue weighted by atomic mass is 10.1. The Morgan fingerprint density at radius 1 is 1.04 bits per heavy atom. The molecule has 7 nitrogen and oxygen atoms in total. The van der Waals surface area contributed by atoms with E-state index in [0.29, 0.717) is 17.1 Å². The maximum Gasteiger partial charge on any atom is 0.269 e. The summed E-state index contributed by atoms with van der Waals surface area (Å²) in [4.78, 5) is 24.3. The topological polar surface area (TPSA) is 89.8 Å². The number of hydrogen-bond donors (Lipinski definition) is 2. The smallest absolute Gasteiger partial charge is 0.269 e. The van der Waals surface area contributed by atoms with Crippen LogP contribution in [0, 0.1) is 6.92 Å². The minimum atomic E-state index is -0.440. The Labute approximate surface area is 148 Å². The first-order valence-corrected chi connectivity index (χ1v) is 8.06. The molecule has 0 fully saturated rings. The number of hydrogen-bond acceptors (Lipinski definition) is 5. The van der Waals surface area contributed by atoms with Crippen LogP contribution in [0.2, 0.25) is 0 Å². The summed E-state index contributed by atoms with van der Waals surface area (Å²) >= 11 is 0. The second kappa shape index (κ2) is 6.44. The minimum absolute atomic E-state index is 0.0947. The molecule has 0 saturated carbocycles. The fourth-order valence-electron chi connectivity index (χ4n) is 2.78. The molecular formula is C19H16N2O5. The molecule has 1 aromatic heterocycles. The fourth-order valence-corrected chi connectivity index (χ4v) is 2.78. The van der Waals surface area contributed by atoms with E-state index in [2.05, 4.69) is 10.9 Å². The molecule has 0 radical (unpaired) electrons. The highest BCUT2D eigenvalue weighted by Gasteiger charge is 2.17. The zero-order chi connectivity index (χ0) is 18.1. The molecule has 4 rings (SSSR count). The number of amides is 2. The summed E-state index contributed by atoms with van der Waals surface area (Å²) in [6.07, 6.45) is 1.65. The molecule has 0 atom stereocenters. The normalized spacial score (nSPS) is 12.2. The van der Waals surface area contributed by atoms with Crippen molar-refractivity contribution < 1.29 is 23.5 Å². The molecule has 1 aliphatic rings. The molecule has 26 heavy (non-hydrogen) atoms. The maximum atomic E-state index is 12.2. The van der Waals surface area contributed by atoms with Crippen LogP contribution >= 0.6 is 0 Å². The van der Waals surface area contributed by atoms with E-state index >= 15 is 0 Å². The van der Waals surface area contributed by atoms with E-state index in [0.717, 1.165) is 22.1 Å². The highest BCUT2D eigenvalue weighted by atomic mass is 16.7. The molecule has 7 heteroatoms. The Balaban J connectivity index is 1.38. The van der Waals surface area contributed by atoms with Crippen molar-refractivity contribution in [2.45, 2.75) is 13.3 Å². The number of ether oxygens (including phenoxy) is 2. The zero-order valence-corrected chi connectivity index (χ0v) is 14.0. The van der Waals surface area contributed by atoms with Gasteiger partial charge in [-0.3, -0.25) is 20.4 Å². The Hall–Kier alpha value is -3.48. The average molecular weight is 352 g/mol. The Kier molecular flexibility index (Phi) is 3.96.